The third kappa shape index (κ3) is 2.61. The summed E-state index contributed by atoms with van der Waals surface area (Å²) in [5.74, 6) is 0.881. The second-order valence-electron chi connectivity index (χ2n) is 3.23. The highest BCUT2D eigenvalue weighted by atomic mass is 32.1. The Morgan fingerprint density at radius 1 is 1.33 bits per heavy atom. The van der Waals surface area contributed by atoms with Crippen LogP contribution in [0.3, 0.4) is 0 Å². The Labute approximate surface area is 93.0 Å². The molecule has 0 unspecified atom stereocenters. The molecule has 78 valence electrons. The molecule has 0 fully saturated rings. The summed E-state index contributed by atoms with van der Waals surface area (Å²) in [6, 6.07) is 6.04. The smallest absolute Gasteiger partial charge is 0.129 e. The zero-order valence-corrected chi connectivity index (χ0v) is 9.20. The maximum absolute atomic E-state index is 5.46. The lowest BCUT2D eigenvalue weighted by atomic mass is 10.2. The topological polar surface area (TPSA) is 51.8 Å². The van der Waals surface area contributed by atoms with Crippen molar-refractivity contribution in [2.24, 2.45) is 5.73 Å². The first-order valence-corrected chi connectivity index (χ1v) is 5.84. The van der Waals surface area contributed by atoms with Crippen LogP contribution in [0, 0.1) is 0 Å². The fourth-order valence-corrected chi connectivity index (χ4v) is 2.04. The zero-order chi connectivity index (χ0) is 10.5. The van der Waals surface area contributed by atoms with Crippen LogP contribution in [0.25, 0.3) is 10.6 Å². The normalized spacial score (nSPS) is 10.5. The number of rotatable bonds is 4. The lowest BCUT2D eigenvalue weighted by Gasteiger charge is -2.00. The van der Waals surface area contributed by atoms with E-state index in [1.165, 1.54) is 4.88 Å². The van der Waals surface area contributed by atoms with E-state index in [0.29, 0.717) is 6.54 Å². The highest BCUT2D eigenvalue weighted by Crippen LogP contribution is 2.21. The molecular weight excluding hydrogens is 206 g/mol. The Hall–Kier alpha value is -1.26. The molecule has 0 aliphatic rings. The lowest BCUT2D eigenvalue weighted by molar-refractivity contribution is 0.782. The molecule has 0 amide bonds. The molecule has 4 heteroatoms. The molecule has 2 rings (SSSR count). The van der Waals surface area contributed by atoms with Crippen molar-refractivity contribution in [2.45, 2.75) is 12.8 Å². The van der Waals surface area contributed by atoms with Gasteiger partial charge in [-0.3, -0.25) is 0 Å². The van der Waals surface area contributed by atoms with Crippen molar-refractivity contribution in [2.75, 3.05) is 6.54 Å². The van der Waals surface area contributed by atoms with Gasteiger partial charge in [0.2, 0.25) is 0 Å². The molecule has 15 heavy (non-hydrogen) atoms. The molecule has 0 aliphatic carbocycles. The minimum Gasteiger partial charge on any atom is -0.330 e. The van der Waals surface area contributed by atoms with Crippen molar-refractivity contribution in [3.63, 3.8) is 0 Å². The molecule has 0 radical (unpaired) electrons. The molecule has 0 saturated heterocycles. The molecule has 2 N–H and O–H groups in total. The first kappa shape index (κ1) is 10.3. The average Bonchev–Trinajstić information content (AvgIpc) is 2.80. The lowest BCUT2D eigenvalue weighted by Crippen LogP contribution is -2.03. The van der Waals surface area contributed by atoms with Crippen LogP contribution in [0.4, 0.5) is 0 Å². The van der Waals surface area contributed by atoms with Gasteiger partial charge in [0.05, 0.1) is 10.6 Å². The van der Waals surface area contributed by atoms with E-state index in [-0.39, 0.29) is 0 Å². The van der Waals surface area contributed by atoms with Gasteiger partial charge in [-0.25, -0.2) is 9.97 Å². The largest absolute Gasteiger partial charge is 0.330 e. The molecule has 2 aromatic rings. The van der Waals surface area contributed by atoms with Gasteiger partial charge in [0.15, 0.2) is 0 Å². The maximum Gasteiger partial charge on any atom is 0.129 e. The van der Waals surface area contributed by atoms with Gasteiger partial charge >= 0.3 is 0 Å². The quantitative estimate of drug-likeness (QED) is 0.856. The Balaban J connectivity index is 2.19. The predicted octanol–water partition coefficient (Wildman–Crippen LogP) is 2.10. The van der Waals surface area contributed by atoms with Crippen molar-refractivity contribution in [1.82, 2.24) is 9.97 Å². The number of thiophene rings is 1. The first-order valence-electron chi connectivity index (χ1n) is 4.96. The first-order chi connectivity index (χ1) is 7.40. The summed E-state index contributed by atoms with van der Waals surface area (Å²) in [4.78, 5) is 9.91. The van der Waals surface area contributed by atoms with Crippen LogP contribution >= 0.6 is 11.3 Å². The summed E-state index contributed by atoms with van der Waals surface area (Å²) in [6.45, 7) is 0.687. The third-order valence-electron chi connectivity index (χ3n) is 2.08. The van der Waals surface area contributed by atoms with Crippen LogP contribution in [0.2, 0.25) is 0 Å². The van der Waals surface area contributed by atoms with E-state index in [1.54, 1.807) is 11.3 Å². The van der Waals surface area contributed by atoms with E-state index in [2.05, 4.69) is 21.4 Å². The molecule has 2 aromatic heterocycles. The molecular formula is C11H13N3S. The van der Waals surface area contributed by atoms with Gasteiger partial charge in [-0.1, -0.05) is 6.07 Å². The van der Waals surface area contributed by atoms with Crippen molar-refractivity contribution in [1.29, 1.82) is 0 Å². The summed E-state index contributed by atoms with van der Waals surface area (Å²) in [6.07, 6.45) is 3.61. The summed E-state index contributed by atoms with van der Waals surface area (Å²) in [5.41, 5.74) is 6.46. The summed E-state index contributed by atoms with van der Waals surface area (Å²) < 4.78 is 0. The molecule has 0 bridgehead atoms. The van der Waals surface area contributed by atoms with E-state index in [9.17, 15) is 0 Å². The van der Waals surface area contributed by atoms with Crippen LogP contribution in [0.1, 0.15) is 12.2 Å². The second kappa shape index (κ2) is 5.00. The fraction of sp³-hybridized carbons (Fsp3) is 0.273. The van der Waals surface area contributed by atoms with Gasteiger partial charge in [0.1, 0.15) is 5.82 Å². The van der Waals surface area contributed by atoms with Crippen LogP contribution < -0.4 is 5.73 Å². The molecule has 0 saturated carbocycles. The Bertz CT molecular complexity index is 412. The van der Waals surface area contributed by atoms with E-state index in [1.807, 2.05) is 18.3 Å². The minimum absolute atomic E-state index is 0.687. The highest BCUT2D eigenvalue weighted by molar-refractivity contribution is 7.13. The van der Waals surface area contributed by atoms with E-state index in [4.69, 9.17) is 5.73 Å². The Morgan fingerprint density at radius 2 is 2.27 bits per heavy atom. The minimum atomic E-state index is 0.687. The number of hydrogen-bond acceptors (Lipinski definition) is 4. The van der Waals surface area contributed by atoms with Crippen LogP contribution in [0.15, 0.2) is 29.8 Å². The zero-order valence-electron chi connectivity index (χ0n) is 8.39. The van der Waals surface area contributed by atoms with E-state index in [0.717, 1.165) is 24.4 Å². The van der Waals surface area contributed by atoms with Crippen LogP contribution in [-0.4, -0.2) is 16.5 Å². The van der Waals surface area contributed by atoms with Crippen LogP contribution in [-0.2, 0) is 6.42 Å². The summed E-state index contributed by atoms with van der Waals surface area (Å²) in [5, 5.41) is 2.05. The highest BCUT2D eigenvalue weighted by Gasteiger charge is 2.02. The fourth-order valence-electron chi connectivity index (χ4n) is 1.34. The number of aryl methyl sites for hydroxylation is 1. The van der Waals surface area contributed by atoms with E-state index >= 15 is 0 Å². The number of nitrogens with zero attached hydrogens (tertiary/aromatic N) is 2. The Kier molecular flexibility index (Phi) is 3.42. The van der Waals surface area contributed by atoms with E-state index < -0.39 is 0 Å². The molecule has 3 nitrogen and oxygen atoms in total. The van der Waals surface area contributed by atoms with Gasteiger partial charge in [0, 0.05) is 12.6 Å². The van der Waals surface area contributed by atoms with Crippen molar-refractivity contribution in [3.8, 4) is 10.6 Å². The van der Waals surface area contributed by atoms with Gasteiger partial charge in [-0.2, -0.15) is 0 Å². The van der Waals surface area contributed by atoms with Gasteiger partial charge in [-0.15, -0.1) is 11.3 Å². The summed E-state index contributed by atoms with van der Waals surface area (Å²) in [7, 11) is 0. The third-order valence-corrected chi connectivity index (χ3v) is 2.98. The molecule has 0 spiro atoms. The van der Waals surface area contributed by atoms with Crippen molar-refractivity contribution < 1.29 is 0 Å². The van der Waals surface area contributed by atoms with Crippen molar-refractivity contribution in [3.05, 3.63) is 35.6 Å². The molecule has 2 heterocycles. The van der Waals surface area contributed by atoms with Gasteiger partial charge in [0.25, 0.3) is 0 Å². The SMILES string of the molecule is NCCCc1nccc(-c2cccs2)n1. The van der Waals surface area contributed by atoms with Crippen LogP contribution in [0.5, 0.6) is 0 Å². The molecule has 0 aromatic carbocycles. The standard InChI is InChI=1S/C11H13N3S/c12-6-1-4-11-13-7-5-9(14-11)10-3-2-8-15-10/h2-3,5,7-8H,1,4,6,12H2. The van der Waals surface area contributed by atoms with Gasteiger partial charge < -0.3 is 5.73 Å². The molecule has 0 aliphatic heterocycles. The number of nitrogens with two attached hydrogens (primary N) is 1. The summed E-state index contributed by atoms with van der Waals surface area (Å²) >= 11 is 1.69. The number of hydrogen-bond donors (Lipinski definition) is 1. The van der Waals surface area contributed by atoms with Crippen molar-refractivity contribution >= 4 is 11.3 Å². The number of aromatic nitrogens is 2. The van der Waals surface area contributed by atoms with Gasteiger partial charge in [-0.05, 0) is 30.5 Å². The maximum atomic E-state index is 5.46. The second-order valence-corrected chi connectivity index (χ2v) is 4.18. The Morgan fingerprint density at radius 3 is 3.00 bits per heavy atom. The molecule has 0 atom stereocenters. The monoisotopic (exact) mass is 219 g/mol. The predicted molar refractivity (Wildman–Crippen MR) is 62.7 cm³/mol. The average molecular weight is 219 g/mol.